The molecule has 0 bridgehead atoms. The van der Waals surface area contributed by atoms with Crippen LogP contribution in [0.15, 0.2) is 12.3 Å². The summed E-state index contributed by atoms with van der Waals surface area (Å²) in [7, 11) is 0. The van der Waals surface area contributed by atoms with Gasteiger partial charge >= 0.3 is 6.18 Å². The first-order valence-corrected chi connectivity index (χ1v) is 7.63. The van der Waals surface area contributed by atoms with E-state index in [1.54, 1.807) is 6.20 Å². The summed E-state index contributed by atoms with van der Waals surface area (Å²) in [6.45, 7) is 0. The Labute approximate surface area is 125 Å². The van der Waals surface area contributed by atoms with Crippen molar-refractivity contribution in [3.63, 3.8) is 0 Å². The van der Waals surface area contributed by atoms with Crippen LogP contribution in [0, 0.1) is 5.92 Å². The largest absolute Gasteiger partial charge is 0.490 e. The van der Waals surface area contributed by atoms with E-state index in [1.807, 2.05) is 0 Å². The number of nitrogens with zero attached hydrogens (tertiary/aromatic N) is 3. The SMILES string of the molecule is FC(F)(F)c1c(OC2CCC2)ccn2c(CC3CC3)nnc12. The van der Waals surface area contributed by atoms with Crippen molar-refractivity contribution >= 4 is 5.65 Å². The van der Waals surface area contributed by atoms with Gasteiger partial charge in [-0.05, 0) is 44.1 Å². The highest BCUT2D eigenvalue weighted by atomic mass is 19.4. The fourth-order valence-corrected chi connectivity index (χ4v) is 2.74. The molecule has 4 rings (SSSR count). The van der Waals surface area contributed by atoms with Crippen LogP contribution in [0.1, 0.15) is 43.5 Å². The molecule has 2 aliphatic rings. The molecule has 2 aliphatic carbocycles. The van der Waals surface area contributed by atoms with E-state index in [0.717, 1.165) is 32.1 Å². The standard InChI is InChI=1S/C15H16F3N3O/c16-15(17,18)13-11(22-10-2-1-3-10)6-7-21-12(8-9-4-5-9)19-20-14(13)21/h6-7,9-10H,1-5,8H2. The Kier molecular flexibility index (Phi) is 3.06. The maximum absolute atomic E-state index is 13.5. The molecule has 2 aromatic rings. The minimum Gasteiger partial charge on any atom is -0.490 e. The summed E-state index contributed by atoms with van der Waals surface area (Å²) in [6.07, 6.45) is 2.50. The maximum atomic E-state index is 13.5. The van der Waals surface area contributed by atoms with Crippen LogP contribution in [0.2, 0.25) is 0 Å². The molecule has 22 heavy (non-hydrogen) atoms. The number of hydrogen-bond acceptors (Lipinski definition) is 3. The van der Waals surface area contributed by atoms with Crippen molar-refractivity contribution in [1.82, 2.24) is 14.6 Å². The van der Waals surface area contributed by atoms with E-state index in [4.69, 9.17) is 4.74 Å². The number of rotatable bonds is 4. The van der Waals surface area contributed by atoms with E-state index in [9.17, 15) is 13.2 Å². The lowest BCUT2D eigenvalue weighted by atomic mass is 9.96. The molecule has 2 saturated carbocycles. The van der Waals surface area contributed by atoms with Crippen LogP contribution in [-0.4, -0.2) is 20.7 Å². The Balaban J connectivity index is 1.78. The highest BCUT2D eigenvalue weighted by Gasteiger charge is 2.39. The number of fused-ring (bicyclic) bond motifs is 1. The Morgan fingerprint density at radius 3 is 2.55 bits per heavy atom. The molecule has 2 aromatic heterocycles. The van der Waals surface area contributed by atoms with Gasteiger partial charge in [0.25, 0.3) is 0 Å². The summed E-state index contributed by atoms with van der Waals surface area (Å²) >= 11 is 0. The third-order valence-electron chi connectivity index (χ3n) is 4.41. The van der Waals surface area contributed by atoms with Gasteiger partial charge < -0.3 is 4.74 Å². The average Bonchev–Trinajstić information content (AvgIpc) is 3.12. The molecule has 2 heterocycles. The van der Waals surface area contributed by atoms with Crippen molar-refractivity contribution in [3.8, 4) is 5.75 Å². The van der Waals surface area contributed by atoms with E-state index >= 15 is 0 Å². The van der Waals surface area contributed by atoms with Gasteiger partial charge in [0.1, 0.15) is 17.1 Å². The van der Waals surface area contributed by atoms with Crippen molar-refractivity contribution in [3.05, 3.63) is 23.7 Å². The fourth-order valence-electron chi connectivity index (χ4n) is 2.74. The molecule has 0 saturated heterocycles. The molecule has 4 nitrogen and oxygen atoms in total. The molecule has 2 fully saturated rings. The van der Waals surface area contributed by atoms with Crippen molar-refractivity contribution in [2.75, 3.05) is 0 Å². The number of alkyl halides is 3. The minimum atomic E-state index is -4.51. The Bertz CT molecular complexity index is 702. The molecule has 0 atom stereocenters. The fraction of sp³-hybridized carbons (Fsp3) is 0.600. The predicted molar refractivity (Wildman–Crippen MR) is 72.7 cm³/mol. The molecule has 7 heteroatoms. The molecule has 0 amide bonds. The lowest BCUT2D eigenvalue weighted by Crippen LogP contribution is -2.26. The van der Waals surface area contributed by atoms with Crippen molar-refractivity contribution in [1.29, 1.82) is 0 Å². The molecule has 0 aliphatic heterocycles. The van der Waals surface area contributed by atoms with E-state index in [1.165, 1.54) is 10.5 Å². The van der Waals surface area contributed by atoms with Crippen LogP contribution in [0.5, 0.6) is 5.75 Å². The first kappa shape index (κ1) is 13.8. The lowest BCUT2D eigenvalue weighted by Gasteiger charge is -2.27. The van der Waals surface area contributed by atoms with Crippen LogP contribution >= 0.6 is 0 Å². The van der Waals surface area contributed by atoms with Crippen molar-refractivity contribution < 1.29 is 17.9 Å². The summed E-state index contributed by atoms with van der Waals surface area (Å²) in [5.41, 5.74) is -0.962. The zero-order valence-corrected chi connectivity index (χ0v) is 11.9. The van der Waals surface area contributed by atoms with Crippen LogP contribution in [-0.2, 0) is 12.6 Å². The lowest BCUT2D eigenvalue weighted by molar-refractivity contribution is -0.138. The molecular weight excluding hydrogens is 295 g/mol. The quantitative estimate of drug-likeness (QED) is 0.865. The van der Waals surface area contributed by atoms with Gasteiger partial charge in [-0.25, -0.2) is 0 Å². The molecule has 0 spiro atoms. The first-order valence-electron chi connectivity index (χ1n) is 7.63. The van der Waals surface area contributed by atoms with E-state index in [2.05, 4.69) is 10.2 Å². The highest BCUT2D eigenvalue weighted by molar-refractivity contribution is 5.56. The van der Waals surface area contributed by atoms with Crippen LogP contribution < -0.4 is 4.74 Å². The Morgan fingerprint density at radius 2 is 1.95 bits per heavy atom. The van der Waals surface area contributed by atoms with Gasteiger partial charge in [0.15, 0.2) is 5.65 Å². The molecular formula is C15H16F3N3O. The summed E-state index contributed by atoms with van der Waals surface area (Å²) in [4.78, 5) is 0. The van der Waals surface area contributed by atoms with Crippen molar-refractivity contribution in [2.24, 2.45) is 5.92 Å². The Morgan fingerprint density at radius 1 is 1.18 bits per heavy atom. The van der Waals surface area contributed by atoms with E-state index in [0.29, 0.717) is 18.2 Å². The van der Waals surface area contributed by atoms with Gasteiger partial charge in [-0.3, -0.25) is 4.40 Å². The van der Waals surface area contributed by atoms with E-state index < -0.39 is 11.7 Å². The smallest absolute Gasteiger partial charge is 0.423 e. The third-order valence-corrected chi connectivity index (χ3v) is 4.41. The van der Waals surface area contributed by atoms with Gasteiger partial charge in [-0.15, -0.1) is 10.2 Å². The highest BCUT2D eigenvalue weighted by Crippen LogP contribution is 2.41. The summed E-state index contributed by atoms with van der Waals surface area (Å²) < 4.78 is 47.4. The number of ether oxygens (including phenoxy) is 1. The van der Waals surface area contributed by atoms with Crippen LogP contribution in [0.3, 0.4) is 0 Å². The minimum absolute atomic E-state index is 0.114. The summed E-state index contributed by atoms with van der Waals surface area (Å²) in [5.74, 6) is 1.00. The second-order valence-electron chi connectivity index (χ2n) is 6.18. The zero-order valence-electron chi connectivity index (χ0n) is 11.9. The number of hydrogen-bond donors (Lipinski definition) is 0. The topological polar surface area (TPSA) is 39.4 Å². The number of pyridine rings is 1. The van der Waals surface area contributed by atoms with Crippen LogP contribution in [0.25, 0.3) is 5.65 Å². The molecule has 118 valence electrons. The monoisotopic (exact) mass is 311 g/mol. The normalized spacial score (nSPS) is 19.4. The van der Waals surface area contributed by atoms with Crippen LogP contribution in [0.4, 0.5) is 13.2 Å². The zero-order chi connectivity index (χ0) is 15.3. The van der Waals surface area contributed by atoms with Crippen molar-refractivity contribution in [2.45, 2.75) is 50.8 Å². The van der Waals surface area contributed by atoms with Gasteiger partial charge in [0.2, 0.25) is 0 Å². The molecule has 0 aromatic carbocycles. The second kappa shape index (κ2) is 4.86. The van der Waals surface area contributed by atoms with Gasteiger partial charge in [0, 0.05) is 12.6 Å². The molecule has 0 N–H and O–H groups in total. The third kappa shape index (κ3) is 2.42. The number of halogens is 3. The number of aromatic nitrogens is 3. The van der Waals surface area contributed by atoms with E-state index in [-0.39, 0.29) is 17.5 Å². The average molecular weight is 311 g/mol. The molecule has 0 unspecified atom stereocenters. The second-order valence-corrected chi connectivity index (χ2v) is 6.18. The Hall–Kier alpha value is -1.79. The maximum Gasteiger partial charge on any atom is 0.423 e. The first-order chi connectivity index (χ1) is 10.5. The van der Waals surface area contributed by atoms with Gasteiger partial charge in [0.05, 0.1) is 6.10 Å². The van der Waals surface area contributed by atoms with Gasteiger partial charge in [-0.2, -0.15) is 13.2 Å². The van der Waals surface area contributed by atoms with Gasteiger partial charge in [-0.1, -0.05) is 0 Å². The molecule has 0 radical (unpaired) electrons. The predicted octanol–water partition coefficient (Wildman–Crippen LogP) is 3.63. The summed E-state index contributed by atoms with van der Waals surface area (Å²) in [5, 5.41) is 7.75. The summed E-state index contributed by atoms with van der Waals surface area (Å²) in [6, 6.07) is 1.40.